The highest BCUT2D eigenvalue weighted by atomic mass is 16.6. The fraction of sp³-hybridized carbons (Fsp3) is 0.318. The highest BCUT2D eigenvalue weighted by molar-refractivity contribution is 6.08. The lowest BCUT2D eigenvalue weighted by Gasteiger charge is -2.10. The second-order valence-electron chi connectivity index (χ2n) is 7.70. The van der Waals surface area contributed by atoms with Gasteiger partial charge in [0.25, 0.3) is 5.91 Å². The molecule has 0 radical (unpaired) electrons. The minimum atomic E-state index is -0.640. The first-order valence-corrected chi connectivity index (χ1v) is 9.79. The van der Waals surface area contributed by atoms with E-state index in [2.05, 4.69) is 12.1 Å². The van der Waals surface area contributed by atoms with Crippen molar-refractivity contribution in [1.82, 2.24) is 9.80 Å². The van der Waals surface area contributed by atoms with Crippen LogP contribution in [0.15, 0.2) is 54.6 Å². The Morgan fingerprint density at radius 2 is 1.76 bits per heavy atom. The highest BCUT2D eigenvalue weighted by Crippen LogP contribution is 2.64. The lowest BCUT2D eigenvalue weighted by atomic mass is 10.1. The Bertz CT molecular complexity index is 1010. The SMILES string of the molecule is NC(=O)c1ccccc1C(=O)N1C(CCc2ccccc2)[C@]12[C@@H]1CCOC(=O)N12. The van der Waals surface area contributed by atoms with Crippen molar-refractivity contribution in [3.8, 4) is 0 Å². The smallest absolute Gasteiger partial charge is 0.412 e. The van der Waals surface area contributed by atoms with Crippen LogP contribution in [0, 0.1) is 0 Å². The van der Waals surface area contributed by atoms with Crippen molar-refractivity contribution in [1.29, 1.82) is 0 Å². The number of amides is 3. The van der Waals surface area contributed by atoms with Crippen LogP contribution in [0.5, 0.6) is 0 Å². The maximum absolute atomic E-state index is 13.4. The van der Waals surface area contributed by atoms with Crippen LogP contribution >= 0.6 is 0 Å². The summed E-state index contributed by atoms with van der Waals surface area (Å²) in [4.78, 5) is 40.9. The van der Waals surface area contributed by atoms with E-state index < -0.39 is 11.6 Å². The summed E-state index contributed by atoms with van der Waals surface area (Å²) in [5.41, 5.74) is 6.51. The van der Waals surface area contributed by atoms with Gasteiger partial charge in [-0.25, -0.2) is 4.79 Å². The Morgan fingerprint density at radius 3 is 2.45 bits per heavy atom. The van der Waals surface area contributed by atoms with Gasteiger partial charge in [0.2, 0.25) is 5.91 Å². The first-order valence-electron chi connectivity index (χ1n) is 9.79. The third-order valence-electron chi connectivity index (χ3n) is 6.25. The van der Waals surface area contributed by atoms with E-state index in [0.29, 0.717) is 13.0 Å². The topological polar surface area (TPSA) is 92.5 Å². The summed E-state index contributed by atoms with van der Waals surface area (Å²) >= 11 is 0. The van der Waals surface area contributed by atoms with Gasteiger partial charge in [-0.15, -0.1) is 0 Å². The van der Waals surface area contributed by atoms with Crippen molar-refractivity contribution < 1.29 is 19.1 Å². The molecule has 0 saturated carbocycles. The number of carbonyl (C=O) groups is 3. The number of benzene rings is 2. The van der Waals surface area contributed by atoms with Crippen molar-refractivity contribution in [3.05, 3.63) is 71.3 Å². The van der Waals surface area contributed by atoms with Crippen LogP contribution in [0.2, 0.25) is 0 Å². The molecule has 3 heterocycles. The maximum atomic E-state index is 13.4. The van der Waals surface area contributed by atoms with Gasteiger partial charge in [-0.2, -0.15) is 0 Å². The molecule has 2 aromatic rings. The molecule has 7 nitrogen and oxygen atoms in total. The van der Waals surface area contributed by atoms with Crippen molar-refractivity contribution in [2.75, 3.05) is 6.61 Å². The molecule has 2 N–H and O–H groups in total. The Kier molecular flexibility index (Phi) is 3.87. The van der Waals surface area contributed by atoms with Crippen molar-refractivity contribution in [2.45, 2.75) is 37.0 Å². The highest BCUT2D eigenvalue weighted by Gasteiger charge is 2.86. The van der Waals surface area contributed by atoms with Crippen LogP contribution in [0.1, 0.15) is 39.1 Å². The van der Waals surface area contributed by atoms with Crippen LogP contribution in [-0.4, -0.2) is 52.1 Å². The molecule has 3 fully saturated rings. The number of hydrogen-bond donors (Lipinski definition) is 1. The summed E-state index contributed by atoms with van der Waals surface area (Å²) in [6.07, 6.45) is 1.86. The molecule has 3 saturated heterocycles. The molecule has 148 valence electrons. The molecule has 7 heteroatoms. The number of primary amides is 1. The van der Waals surface area contributed by atoms with Crippen LogP contribution in [0.4, 0.5) is 4.79 Å². The second kappa shape index (κ2) is 6.34. The molecule has 3 aliphatic heterocycles. The number of carbonyl (C=O) groups excluding carboxylic acids is 3. The third-order valence-corrected chi connectivity index (χ3v) is 6.25. The fourth-order valence-electron chi connectivity index (χ4n) is 4.92. The molecule has 0 bridgehead atoms. The van der Waals surface area contributed by atoms with Crippen LogP contribution < -0.4 is 5.73 Å². The van der Waals surface area contributed by atoms with E-state index in [1.54, 1.807) is 34.1 Å². The average Bonchev–Trinajstić information content (AvgIpc) is 3.61. The summed E-state index contributed by atoms with van der Waals surface area (Å²) in [6.45, 7) is 0.368. The third kappa shape index (κ3) is 2.53. The van der Waals surface area contributed by atoms with E-state index in [1.807, 2.05) is 18.2 Å². The Labute approximate surface area is 168 Å². The lowest BCUT2D eigenvalue weighted by molar-refractivity contribution is 0.0840. The number of nitrogens with two attached hydrogens (primary N) is 1. The van der Waals surface area contributed by atoms with E-state index >= 15 is 0 Å². The predicted octanol–water partition coefficient (Wildman–Crippen LogP) is 2.16. The van der Waals surface area contributed by atoms with Gasteiger partial charge in [0.05, 0.1) is 29.8 Å². The molecular formula is C22H21N3O4. The number of ether oxygens (including phenoxy) is 1. The zero-order chi connectivity index (χ0) is 20.2. The van der Waals surface area contributed by atoms with Crippen LogP contribution in [-0.2, 0) is 11.2 Å². The summed E-state index contributed by atoms with van der Waals surface area (Å²) < 4.78 is 5.19. The molecule has 3 atom stereocenters. The number of cyclic esters (lactones) is 1. The lowest BCUT2D eigenvalue weighted by Crippen LogP contribution is -2.25. The fourth-order valence-corrected chi connectivity index (χ4v) is 4.92. The molecule has 5 rings (SSSR count). The number of fused-ring (bicyclic) bond motifs is 3. The average molecular weight is 391 g/mol. The van der Waals surface area contributed by atoms with Gasteiger partial charge in [0.1, 0.15) is 0 Å². The molecule has 3 amide bonds. The quantitative estimate of drug-likeness (QED) is 0.791. The van der Waals surface area contributed by atoms with E-state index in [-0.39, 0.29) is 35.2 Å². The molecule has 1 unspecified atom stereocenters. The van der Waals surface area contributed by atoms with Gasteiger partial charge in [-0.1, -0.05) is 42.5 Å². The number of hydrogen-bond acceptors (Lipinski definition) is 4. The number of rotatable bonds is 5. The molecule has 0 aromatic heterocycles. The molecule has 2 aromatic carbocycles. The first kappa shape index (κ1) is 17.7. The normalized spacial score (nSPS) is 26.7. The van der Waals surface area contributed by atoms with Crippen molar-refractivity contribution in [2.24, 2.45) is 5.73 Å². The zero-order valence-corrected chi connectivity index (χ0v) is 15.8. The van der Waals surface area contributed by atoms with E-state index in [0.717, 1.165) is 12.8 Å². The standard InChI is InChI=1S/C22H21N3O4/c23-19(26)15-8-4-5-9-16(15)20(27)24-17(11-10-14-6-2-1-3-7-14)22(24)18-12-13-29-21(28)25(18)22/h1-9,17-18H,10-13H2,(H2,23,26)/t17?,18-,22-,24?,25?/m0/s1. The van der Waals surface area contributed by atoms with Gasteiger partial charge in [0, 0.05) is 6.42 Å². The monoisotopic (exact) mass is 391 g/mol. The van der Waals surface area contributed by atoms with E-state index in [1.165, 1.54) is 5.56 Å². The van der Waals surface area contributed by atoms with E-state index in [4.69, 9.17) is 10.5 Å². The van der Waals surface area contributed by atoms with Crippen LogP contribution in [0.3, 0.4) is 0 Å². The zero-order valence-electron chi connectivity index (χ0n) is 15.8. The maximum Gasteiger partial charge on any atom is 0.412 e. The summed E-state index contributed by atoms with van der Waals surface area (Å²) in [6, 6.07) is 16.5. The number of nitrogens with zero attached hydrogens (tertiary/aromatic N) is 2. The van der Waals surface area contributed by atoms with Gasteiger partial charge in [0.15, 0.2) is 5.66 Å². The molecule has 29 heavy (non-hydrogen) atoms. The van der Waals surface area contributed by atoms with E-state index in [9.17, 15) is 14.4 Å². The predicted molar refractivity (Wildman–Crippen MR) is 104 cm³/mol. The second-order valence-corrected chi connectivity index (χ2v) is 7.70. The Balaban J connectivity index is 1.45. The Hall–Kier alpha value is -3.35. The van der Waals surface area contributed by atoms with Gasteiger partial charge in [-0.05, 0) is 30.5 Å². The first-order chi connectivity index (χ1) is 14.1. The largest absolute Gasteiger partial charge is 0.449 e. The van der Waals surface area contributed by atoms with Gasteiger partial charge in [-0.3, -0.25) is 14.5 Å². The molecular weight excluding hydrogens is 370 g/mol. The summed E-state index contributed by atoms with van der Waals surface area (Å²) in [5, 5.41) is 0. The minimum Gasteiger partial charge on any atom is -0.449 e. The minimum absolute atomic E-state index is 0.0192. The van der Waals surface area contributed by atoms with Gasteiger partial charge < -0.3 is 15.4 Å². The Morgan fingerprint density at radius 1 is 1.07 bits per heavy atom. The number of aryl methyl sites for hydroxylation is 1. The summed E-state index contributed by atoms with van der Waals surface area (Å²) in [5.74, 6) is -0.904. The molecule has 1 spiro atoms. The molecule has 0 aliphatic carbocycles. The summed E-state index contributed by atoms with van der Waals surface area (Å²) in [7, 11) is 0. The van der Waals surface area contributed by atoms with Crippen molar-refractivity contribution in [3.63, 3.8) is 0 Å². The van der Waals surface area contributed by atoms with Crippen LogP contribution in [0.25, 0.3) is 0 Å². The van der Waals surface area contributed by atoms with Crippen molar-refractivity contribution >= 4 is 17.9 Å². The molecule has 3 aliphatic rings. The van der Waals surface area contributed by atoms with Gasteiger partial charge >= 0.3 is 6.09 Å².